The summed E-state index contributed by atoms with van der Waals surface area (Å²) in [5.74, 6) is -0.113. The van der Waals surface area contributed by atoms with Crippen LogP contribution in [0.3, 0.4) is 0 Å². The smallest absolute Gasteiger partial charge is 0.251 e. The van der Waals surface area contributed by atoms with Crippen LogP contribution in [0.25, 0.3) is 0 Å². The van der Waals surface area contributed by atoms with E-state index in [0.29, 0.717) is 17.0 Å². The molecule has 0 saturated heterocycles. The summed E-state index contributed by atoms with van der Waals surface area (Å²) in [6.45, 7) is 7.62. The van der Waals surface area contributed by atoms with E-state index >= 15 is 0 Å². The second kappa shape index (κ2) is 8.11. The average Bonchev–Trinajstić information content (AvgIpc) is 2.43. The van der Waals surface area contributed by atoms with Gasteiger partial charge in [-0.1, -0.05) is 13.8 Å². The maximum Gasteiger partial charge on any atom is 0.251 e. The van der Waals surface area contributed by atoms with Crippen molar-refractivity contribution in [3.63, 3.8) is 0 Å². The molecular formula is C13H19FN2OS. The Morgan fingerprint density at radius 1 is 1.28 bits per heavy atom. The van der Waals surface area contributed by atoms with Crippen molar-refractivity contribution in [3.05, 3.63) is 29.8 Å². The van der Waals surface area contributed by atoms with E-state index in [9.17, 15) is 8.68 Å². The first-order valence-electron chi connectivity index (χ1n) is 6.10. The Labute approximate surface area is 112 Å². The number of halogens is 1. The number of rotatable bonds is 7. The molecule has 0 aliphatic carbocycles. The van der Waals surface area contributed by atoms with E-state index in [4.69, 9.17) is 0 Å². The Hall–Kier alpha value is -1.07. The van der Waals surface area contributed by atoms with E-state index in [0.717, 1.165) is 19.6 Å². The Kier molecular flexibility index (Phi) is 6.75. The second-order valence-electron chi connectivity index (χ2n) is 3.88. The highest BCUT2D eigenvalue weighted by atomic mass is 32.2. The largest absolute Gasteiger partial charge is 0.351 e. The highest BCUT2D eigenvalue weighted by Crippen LogP contribution is 2.18. The average molecular weight is 270 g/mol. The van der Waals surface area contributed by atoms with E-state index in [2.05, 4.69) is 24.1 Å². The van der Waals surface area contributed by atoms with Gasteiger partial charge in [0, 0.05) is 23.5 Å². The summed E-state index contributed by atoms with van der Waals surface area (Å²) < 4.78 is 12.2. The Bertz CT molecular complexity index is 366. The third-order valence-electron chi connectivity index (χ3n) is 2.81. The zero-order valence-electron chi connectivity index (χ0n) is 10.8. The molecular weight excluding hydrogens is 251 g/mol. The number of hydrogen-bond acceptors (Lipinski definition) is 3. The zero-order valence-corrected chi connectivity index (χ0v) is 11.6. The predicted molar refractivity (Wildman–Crippen MR) is 73.5 cm³/mol. The second-order valence-corrected chi connectivity index (χ2v) is 4.51. The van der Waals surface area contributed by atoms with Crippen molar-refractivity contribution < 1.29 is 8.68 Å². The number of nitrogens with one attached hydrogen (secondary N) is 1. The molecule has 0 aliphatic heterocycles. The zero-order chi connectivity index (χ0) is 13.4. The van der Waals surface area contributed by atoms with Gasteiger partial charge in [0.1, 0.15) is 0 Å². The SMILES string of the molecule is CCN(CC)CCNC(=O)c1ccc(SF)cc1. The molecule has 0 atom stereocenters. The molecule has 1 rings (SSSR count). The van der Waals surface area contributed by atoms with Gasteiger partial charge in [-0.3, -0.25) is 4.79 Å². The van der Waals surface area contributed by atoms with Crippen LogP contribution in [-0.2, 0) is 0 Å². The lowest BCUT2D eigenvalue weighted by atomic mass is 10.2. The molecule has 100 valence electrons. The van der Waals surface area contributed by atoms with Gasteiger partial charge in [-0.15, -0.1) is 0 Å². The number of amides is 1. The summed E-state index contributed by atoms with van der Waals surface area (Å²) >= 11 is 0.179. The number of nitrogens with zero attached hydrogens (tertiary/aromatic N) is 1. The van der Waals surface area contributed by atoms with Gasteiger partial charge in [0.25, 0.3) is 5.91 Å². The van der Waals surface area contributed by atoms with Gasteiger partial charge in [-0.25, -0.2) is 0 Å². The van der Waals surface area contributed by atoms with Crippen LogP contribution >= 0.6 is 12.1 Å². The molecule has 0 saturated carbocycles. The topological polar surface area (TPSA) is 32.3 Å². The first-order valence-corrected chi connectivity index (χ1v) is 6.82. The van der Waals surface area contributed by atoms with E-state index in [1.165, 1.54) is 0 Å². The standard InChI is InChI=1S/C13H19FN2OS/c1-3-16(4-2)10-9-15-13(17)11-5-7-12(18-14)8-6-11/h5-8H,3-4,9-10H2,1-2H3,(H,15,17). The van der Waals surface area contributed by atoms with Gasteiger partial charge in [-0.05, 0) is 37.4 Å². The van der Waals surface area contributed by atoms with Crippen LogP contribution < -0.4 is 5.32 Å². The fraction of sp³-hybridized carbons (Fsp3) is 0.462. The number of carbonyl (C=O) groups is 1. The normalized spacial score (nSPS) is 10.7. The Balaban J connectivity index is 2.40. The van der Waals surface area contributed by atoms with Gasteiger partial charge in [-0.2, -0.15) is 3.89 Å². The molecule has 1 aromatic carbocycles. The molecule has 0 spiro atoms. The van der Waals surface area contributed by atoms with Crippen molar-refractivity contribution >= 4 is 18.1 Å². The summed E-state index contributed by atoms with van der Waals surface area (Å²) in [5, 5.41) is 2.85. The summed E-state index contributed by atoms with van der Waals surface area (Å²) in [6, 6.07) is 6.47. The molecule has 0 unspecified atom stereocenters. The molecule has 0 radical (unpaired) electrons. The maximum atomic E-state index is 12.2. The van der Waals surface area contributed by atoms with Crippen molar-refractivity contribution in [2.45, 2.75) is 18.7 Å². The number of likely N-dealkylation sites (N-methyl/N-ethyl adjacent to an activating group) is 1. The summed E-state index contributed by atoms with van der Waals surface area (Å²) in [5.41, 5.74) is 0.562. The highest BCUT2D eigenvalue weighted by molar-refractivity contribution is 7.94. The van der Waals surface area contributed by atoms with E-state index in [1.807, 2.05) is 0 Å². The van der Waals surface area contributed by atoms with E-state index in [1.54, 1.807) is 24.3 Å². The Morgan fingerprint density at radius 2 is 1.89 bits per heavy atom. The fourth-order valence-electron chi connectivity index (χ4n) is 1.63. The van der Waals surface area contributed by atoms with Gasteiger partial charge in [0.2, 0.25) is 0 Å². The third kappa shape index (κ3) is 4.66. The van der Waals surface area contributed by atoms with Crippen LogP contribution in [-0.4, -0.2) is 37.0 Å². The molecule has 3 nitrogen and oxygen atoms in total. The van der Waals surface area contributed by atoms with Crippen molar-refractivity contribution in [1.82, 2.24) is 10.2 Å². The van der Waals surface area contributed by atoms with Crippen LogP contribution in [0.15, 0.2) is 29.2 Å². The van der Waals surface area contributed by atoms with Crippen molar-refractivity contribution in [2.75, 3.05) is 26.2 Å². The molecule has 5 heteroatoms. The molecule has 1 amide bonds. The van der Waals surface area contributed by atoms with Crippen molar-refractivity contribution in [3.8, 4) is 0 Å². The van der Waals surface area contributed by atoms with E-state index in [-0.39, 0.29) is 18.1 Å². The molecule has 0 aromatic heterocycles. The number of carbonyl (C=O) groups excluding carboxylic acids is 1. The molecule has 18 heavy (non-hydrogen) atoms. The van der Waals surface area contributed by atoms with Crippen molar-refractivity contribution in [1.29, 1.82) is 0 Å². The number of benzene rings is 1. The van der Waals surface area contributed by atoms with Crippen LogP contribution in [0.5, 0.6) is 0 Å². The third-order valence-corrected chi connectivity index (χ3v) is 3.26. The molecule has 0 heterocycles. The molecule has 1 N–H and O–H groups in total. The number of hydrogen-bond donors (Lipinski definition) is 1. The van der Waals surface area contributed by atoms with Crippen LogP contribution in [0, 0.1) is 0 Å². The van der Waals surface area contributed by atoms with Crippen LogP contribution in [0.2, 0.25) is 0 Å². The summed E-state index contributed by atoms with van der Waals surface area (Å²) in [4.78, 5) is 14.5. The lowest BCUT2D eigenvalue weighted by Gasteiger charge is -2.17. The molecule has 0 bridgehead atoms. The minimum absolute atomic E-state index is 0.113. The molecule has 1 aromatic rings. The Morgan fingerprint density at radius 3 is 2.39 bits per heavy atom. The van der Waals surface area contributed by atoms with Crippen molar-refractivity contribution in [2.24, 2.45) is 0 Å². The lowest BCUT2D eigenvalue weighted by molar-refractivity contribution is 0.0949. The van der Waals surface area contributed by atoms with E-state index < -0.39 is 0 Å². The predicted octanol–water partition coefficient (Wildman–Crippen LogP) is 2.73. The van der Waals surface area contributed by atoms with Gasteiger partial charge >= 0.3 is 0 Å². The fourth-order valence-corrected chi connectivity index (χ4v) is 1.87. The lowest BCUT2D eigenvalue weighted by Crippen LogP contribution is -2.34. The monoisotopic (exact) mass is 270 g/mol. The van der Waals surface area contributed by atoms with Gasteiger partial charge in [0.05, 0.1) is 12.1 Å². The van der Waals surface area contributed by atoms with Gasteiger partial charge < -0.3 is 10.2 Å². The highest BCUT2D eigenvalue weighted by Gasteiger charge is 2.06. The molecule has 0 aliphatic rings. The quantitative estimate of drug-likeness (QED) is 0.827. The van der Waals surface area contributed by atoms with Gasteiger partial charge in [0.15, 0.2) is 0 Å². The maximum absolute atomic E-state index is 12.2. The molecule has 0 fully saturated rings. The van der Waals surface area contributed by atoms with Crippen LogP contribution in [0.4, 0.5) is 3.89 Å². The minimum atomic E-state index is -0.113. The first-order chi connectivity index (χ1) is 8.71. The summed E-state index contributed by atoms with van der Waals surface area (Å²) in [6.07, 6.45) is 0. The van der Waals surface area contributed by atoms with Crippen LogP contribution in [0.1, 0.15) is 24.2 Å². The summed E-state index contributed by atoms with van der Waals surface area (Å²) in [7, 11) is 0. The first kappa shape index (κ1) is 15.0. The minimum Gasteiger partial charge on any atom is -0.351 e.